The smallest absolute Gasteiger partial charge is 0.273 e. The molecule has 0 saturated carbocycles. The lowest BCUT2D eigenvalue weighted by molar-refractivity contribution is 0.0658. The second-order valence-corrected chi connectivity index (χ2v) is 8.97. The highest BCUT2D eigenvalue weighted by Gasteiger charge is 2.26. The van der Waals surface area contributed by atoms with E-state index in [-0.39, 0.29) is 5.91 Å². The minimum atomic E-state index is 0.0549. The Balaban J connectivity index is 1.29. The summed E-state index contributed by atoms with van der Waals surface area (Å²) in [6.45, 7) is 2.48. The molecule has 1 aliphatic heterocycles. The molecular weight excluding hydrogens is 388 g/mol. The molecule has 0 bridgehead atoms. The van der Waals surface area contributed by atoms with E-state index in [0.717, 1.165) is 53.4 Å². The van der Waals surface area contributed by atoms with Gasteiger partial charge in [0.15, 0.2) is 0 Å². The Morgan fingerprint density at radius 2 is 2.11 bits per heavy atom. The van der Waals surface area contributed by atoms with Crippen LogP contribution in [0.25, 0.3) is 20.9 Å². The Morgan fingerprint density at radius 1 is 1.18 bits per heavy atom. The van der Waals surface area contributed by atoms with E-state index in [1.165, 1.54) is 0 Å². The third-order valence-corrected chi connectivity index (χ3v) is 7.13. The number of para-hydroxylation sites is 2. The molecule has 1 amide bonds. The molecule has 7 heteroatoms. The van der Waals surface area contributed by atoms with Crippen LogP contribution in [0.15, 0.2) is 53.5 Å². The molecule has 1 aliphatic rings. The Hall–Kier alpha value is -2.51. The summed E-state index contributed by atoms with van der Waals surface area (Å²) in [5.41, 5.74) is 2.75. The highest BCUT2D eigenvalue weighted by atomic mass is 32.1. The van der Waals surface area contributed by atoms with E-state index < -0.39 is 0 Å². The molecule has 4 aromatic rings. The fourth-order valence-electron chi connectivity index (χ4n) is 3.88. The molecule has 4 heterocycles. The van der Waals surface area contributed by atoms with Crippen molar-refractivity contribution < 1.29 is 4.79 Å². The van der Waals surface area contributed by atoms with Gasteiger partial charge in [-0.1, -0.05) is 18.2 Å². The summed E-state index contributed by atoms with van der Waals surface area (Å²) in [6.07, 6.45) is 4.08. The van der Waals surface area contributed by atoms with Gasteiger partial charge in [-0.25, -0.2) is 9.97 Å². The van der Waals surface area contributed by atoms with E-state index >= 15 is 0 Å². The summed E-state index contributed by atoms with van der Waals surface area (Å²) in [5, 5.41) is 4.86. The number of piperidine rings is 1. The maximum absolute atomic E-state index is 13.0. The number of fused-ring (bicyclic) bond motifs is 1. The summed E-state index contributed by atoms with van der Waals surface area (Å²) in [5.74, 6) is 0.491. The number of amides is 1. The summed E-state index contributed by atoms with van der Waals surface area (Å²) >= 11 is 3.20. The molecular formula is C21H20N4OS2. The van der Waals surface area contributed by atoms with Crippen molar-refractivity contribution in [1.29, 1.82) is 0 Å². The molecule has 5 nitrogen and oxygen atoms in total. The topological polar surface area (TPSA) is 51.0 Å². The number of hydrogen-bond acceptors (Lipinski definition) is 5. The van der Waals surface area contributed by atoms with Crippen molar-refractivity contribution in [3.8, 4) is 9.88 Å². The van der Waals surface area contributed by atoms with E-state index in [2.05, 4.69) is 20.6 Å². The first-order chi connectivity index (χ1) is 13.8. The monoisotopic (exact) mass is 408 g/mol. The van der Waals surface area contributed by atoms with Crippen LogP contribution in [0.4, 0.5) is 0 Å². The number of imidazole rings is 1. The van der Waals surface area contributed by atoms with Gasteiger partial charge in [0.25, 0.3) is 5.91 Å². The van der Waals surface area contributed by atoms with Crippen LogP contribution in [0.1, 0.15) is 23.3 Å². The lowest BCUT2D eigenvalue weighted by Gasteiger charge is -2.32. The molecule has 1 saturated heterocycles. The Morgan fingerprint density at radius 3 is 3.00 bits per heavy atom. The Kier molecular flexibility index (Phi) is 4.70. The standard InChI is InChI=1S/C21H20N4OS2/c26-21(17-13-28-20(23-17)19-8-4-10-27-19)24-9-3-5-15(11-24)12-25-14-22-16-6-1-2-7-18(16)25/h1-2,4,6-8,10,13-15H,3,5,9,11-12H2. The van der Waals surface area contributed by atoms with Gasteiger partial charge in [0.1, 0.15) is 10.7 Å². The first kappa shape index (κ1) is 17.6. The molecule has 0 radical (unpaired) electrons. The Bertz CT molecular complexity index is 1100. The van der Waals surface area contributed by atoms with Crippen LogP contribution < -0.4 is 0 Å². The summed E-state index contributed by atoms with van der Waals surface area (Å²) < 4.78 is 2.21. The maximum Gasteiger partial charge on any atom is 0.273 e. The number of rotatable bonds is 4. The molecule has 0 aliphatic carbocycles. The van der Waals surface area contributed by atoms with E-state index in [4.69, 9.17) is 0 Å². The third-order valence-electron chi connectivity index (χ3n) is 5.24. The number of benzene rings is 1. The Labute approximate surface area is 171 Å². The fourth-order valence-corrected chi connectivity index (χ4v) is 5.49. The van der Waals surface area contributed by atoms with Crippen LogP contribution in [0, 0.1) is 5.92 Å². The van der Waals surface area contributed by atoms with Crippen molar-refractivity contribution in [2.24, 2.45) is 5.92 Å². The van der Waals surface area contributed by atoms with Gasteiger partial charge in [-0.2, -0.15) is 0 Å². The zero-order valence-electron chi connectivity index (χ0n) is 15.3. The first-order valence-corrected chi connectivity index (χ1v) is 11.2. The largest absolute Gasteiger partial charge is 0.337 e. The summed E-state index contributed by atoms with van der Waals surface area (Å²) in [4.78, 5) is 25.2. The van der Waals surface area contributed by atoms with E-state index in [1.807, 2.05) is 52.3 Å². The van der Waals surface area contributed by atoms with Gasteiger partial charge in [0.05, 0.1) is 22.2 Å². The highest BCUT2D eigenvalue weighted by Crippen LogP contribution is 2.29. The van der Waals surface area contributed by atoms with Crippen molar-refractivity contribution in [2.45, 2.75) is 19.4 Å². The quantitative estimate of drug-likeness (QED) is 0.489. The molecule has 142 valence electrons. The van der Waals surface area contributed by atoms with E-state index in [9.17, 15) is 4.79 Å². The number of nitrogens with zero attached hydrogens (tertiary/aromatic N) is 4. The lowest BCUT2D eigenvalue weighted by atomic mass is 9.97. The molecule has 0 N–H and O–H groups in total. The van der Waals surface area contributed by atoms with Crippen LogP contribution in [-0.4, -0.2) is 38.4 Å². The molecule has 0 spiro atoms. The van der Waals surface area contributed by atoms with Gasteiger partial charge in [-0.05, 0) is 42.3 Å². The number of likely N-dealkylation sites (tertiary alicyclic amines) is 1. The number of carbonyl (C=O) groups excluding carboxylic acids is 1. The van der Waals surface area contributed by atoms with Crippen molar-refractivity contribution >= 4 is 39.6 Å². The molecule has 3 aromatic heterocycles. The normalized spacial score (nSPS) is 17.3. The summed E-state index contributed by atoms with van der Waals surface area (Å²) in [7, 11) is 0. The number of carbonyl (C=O) groups is 1. The molecule has 1 atom stereocenters. The first-order valence-electron chi connectivity index (χ1n) is 9.46. The minimum absolute atomic E-state index is 0.0549. The molecule has 1 fully saturated rings. The van der Waals surface area contributed by atoms with Crippen LogP contribution in [0.3, 0.4) is 0 Å². The second kappa shape index (κ2) is 7.48. The minimum Gasteiger partial charge on any atom is -0.337 e. The predicted molar refractivity (Wildman–Crippen MR) is 114 cm³/mol. The average molecular weight is 409 g/mol. The number of thiophene rings is 1. The predicted octanol–water partition coefficient (Wildman–Crippen LogP) is 4.77. The van der Waals surface area contributed by atoms with Crippen molar-refractivity contribution in [2.75, 3.05) is 13.1 Å². The van der Waals surface area contributed by atoms with Gasteiger partial charge >= 0.3 is 0 Å². The number of aromatic nitrogens is 3. The van der Waals surface area contributed by atoms with Crippen molar-refractivity contribution in [3.05, 3.63) is 59.2 Å². The van der Waals surface area contributed by atoms with Crippen LogP contribution in [0.2, 0.25) is 0 Å². The van der Waals surface area contributed by atoms with E-state index in [1.54, 1.807) is 22.7 Å². The van der Waals surface area contributed by atoms with Gasteiger partial charge in [-0.3, -0.25) is 4.79 Å². The zero-order valence-corrected chi connectivity index (χ0v) is 17.0. The highest BCUT2D eigenvalue weighted by molar-refractivity contribution is 7.20. The number of thiazole rings is 1. The van der Waals surface area contributed by atoms with Gasteiger partial charge in [0, 0.05) is 25.0 Å². The maximum atomic E-state index is 13.0. The second-order valence-electron chi connectivity index (χ2n) is 7.16. The molecule has 1 unspecified atom stereocenters. The average Bonchev–Trinajstić information content (AvgIpc) is 3.48. The lowest BCUT2D eigenvalue weighted by Crippen LogP contribution is -2.41. The van der Waals surface area contributed by atoms with Crippen molar-refractivity contribution in [3.63, 3.8) is 0 Å². The fraction of sp³-hybridized carbons (Fsp3) is 0.286. The van der Waals surface area contributed by atoms with Crippen LogP contribution in [-0.2, 0) is 6.54 Å². The van der Waals surface area contributed by atoms with Crippen LogP contribution in [0.5, 0.6) is 0 Å². The molecule has 1 aromatic carbocycles. The van der Waals surface area contributed by atoms with Crippen LogP contribution >= 0.6 is 22.7 Å². The molecule has 5 rings (SSSR count). The van der Waals surface area contributed by atoms with Crippen molar-refractivity contribution in [1.82, 2.24) is 19.4 Å². The zero-order chi connectivity index (χ0) is 18.9. The summed E-state index contributed by atoms with van der Waals surface area (Å²) in [6, 6.07) is 12.3. The number of hydrogen-bond donors (Lipinski definition) is 0. The molecule has 28 heavy (non-hydrogen) atoms. The third kappa shape index (κ3) is 3.36. The van der Waals surface area contributed by atoms with Gasteiger partial charge in [0.2, 0.25) is 0 Å². The van der Waals surface area contributed by atoms with E-state index in [0.29, 0.717) is 11.6 Å². The van der Waals surface area contributed by atoms with Gasteiger partial charge in [-0.15, -0.1) is 22.7 Å². The SMILES string of the molecule is O=C(c1csc(-c2cccs2)n1)N1CCCC(Cn2cnc3ccccc32)C1. The van der Waals surface area contributed by atoms with Gasteiger partial charge < -0.3 is 9.47 Å².